The fourth-order valence-electron chi connectivity index (χ4n) is 2.90. The van der Waals surface area contributed by atoms with Crippen LogP contribution in [0.5, 0.6) is 0 Å². The summed E-state index contributed by atoms with van der Waals surface area (Å²) in [6.45, 7) is 3.59. The molecule has 1 nitrogen and oxygen atoms in total. The van der Waals surface area contributed by atoms with Crippen molar-refractivity contribution in [2.75, 3.05) is 11.4 Å². The molecule has 1 aliphatic heterocycles. The second-order valence-corrected chi connectivity index (χ2v) is 6.65. The molecule has 0 saturated carbocycles. The number of anilines is 1. The van der Waals surface area contributed by atoms with Crippen LogP contribution in [0.1, 0.15) is 29.5 Å². The van der Waals surface area contributed by atoms with Crippen molar-refractivity contribution in [1.29, 1.82) is 0 Å². The van der Waals surface area contributed by atoms with Crippen molar-refractivity contribution in [3.8, 4) is 0 Å². The van der Waals surface area contributed by atoms with Crippen molar-refractivity contribution >= 4 is 21.6 Å². The molecule has 0 radical (unpaired) electrons. The van der Waals surface area contributed by atoms with Gasteiger partial charge >= 0.3 is 0 Å². The van der Waals surface area contributed by atoms with E-state index in [0.29, 0.717) is 5.56 Å². The molecule has 0 saturated heterocycles. The zero-order valence-corrected chi connectivity index (χ0v) is 13.8. The monoisotopic (exact) mass is 347 g/mol. The Morgan fingerprint density at radius 1 is 1.14 bits per heavy atom. The van der Waals surface area contributed by atoms with E-state index in [1.54, 1.807) is 13.0 Å². The Hall–Kier alpha value is -1.35. The molecule has 0 N–H and O–H groups in total. The molecule has 0 aromatic heterocycles. The number of aryl methyl sites for hydroxylation is 2. The number of fused-ring (bicyclic) bond motifs is 1. The molecular weight excluding hydrogens is 329 g/mol. The summed E-state index contributed by atoms with van der Waals surface area (Å²) in [5, 5.41) is 0. The van der Waals surface area contributed by atoms with Crippen molar-refractivity contribution in [3.63, 3.8) is 0 Å². The van der Waals surface area contributed by atoms with Gasteiger partial charge in [0.25, 0.3) is 0 Å². The highest BCUT2D eigenvalue weighted by atomic mass is 79.9. The van der Waals surface area contributed by atoms with Crippen LogP contribution < -0.4 is 4.90 Å². The summed E-state index contributed by atoms with van der Waals surface area (Å²) in [5.41, 5.74) is 4.41. The summed E-state index contributed by atoms with van der Waals surface area (Å²) in [5.74, 6) is -0.114. The smallest absolute Gasteiger partial charge is 0.126 e. The third-order valence-electron chi connectivity index (χ3n) is 4.12. The Balaban J connectivity index is 1.91. The quantitative estimate of drug-likeness (QED) is 0.717. The van der Waals surface area contributed by atoms with Crippen LogP contribution in [0.3, 0.4) is 0 Å². The summed E-state index contributed by atoms with van der Waals surface area (Å²) in [4.78, 5) is 2.37. The normalized spacial score (nSPS) is 14.7. The van der Waals surface area contributed by atoms with Gasteiger partial charge in [0.2, 0.25) is 0 Å². The van der Waals surface area contributed by atoms with E-state index < -0.39 is 0 Å². The van der Waals surface area contributed by atoms with Gasteiger partial charge in [-0.2, -0.15) is 0 Å². The SMILES string of the molecule is Cc1ccc(CN2CCCCc3ccc(Br)cc32)cc1F. The lowest BCUT2D eigenvalue weighted by Crippen LogP contribution is -2.23. The van der Waals surface area contributed by atoms with Gasteiger partial charge in [0.1, 0.15) is 5.82 Å². The Labute approximate surface area is 133 Å². The van der Waals surface area contributed by atoms with Crippen LogP contribution in [-0.2, 0) is 13.0 Å². The molecule has 2 aromatic carbocycles. The Morgan fingerprint density at radius 3 is 2.81 bits per heavy atom. The van der Waals surface area contributed by atoms with Gasteiger partial charge in [-0.05, 0) is 61.1 Å². The number of rotatable bonds is 2. The second kappa shape index (κ2) is 6.18. The van der Waals surface area contributed by atoms with E-state index in [-0.39, 0.29) is 5.82 Å². The summed E-state index contributed by atoms with van der Waals surface area (Å²) in [6.07, 6.45) is 3.52. The molecule has 0 atom stereocenters. The van der Waals surface area contributed by atoms with Crippen LogP contribution in [-0.4, -0.2) is 6.54 Å². The van der Waals surface area contributed by atoms with E-state index in [1.165, 1.54) is 24.1 Å². The van der Waals surface area contributed by atoms with Gasteiger partial charge in [-0.3, -0.25) is 0 Å². The maximum absolute atomic E-state index is 13.7. The van der Waals surface area contributed by atoms with E-state index in [4.69, 9.17) is 0 Å². The molecule has 3 rings (SSSR count). The molecule has 110 valence electrons. The number of hydrogen-bond acceptors (Lipinski definition) is 1. The van der Waals surface area contributed by atoms with E-state index in [2.05, 4.69) is 39.0 Å². The highest BCUT2D eigenvalue weighted by Gasteiger charge is 2.16. The second-order valence-electron chi connectivity index (χ2n) is 5.74. The maximum Gasteiger partial charge on any atom is 0.126 e. The van der Waals surface area contributed by atoms with Crippen molar-refractivity contribution in [2.24, 2.45) is 0 Å². The third kappa shape index (κ3) is 3.29. The lowest BCUT2D eigenvalue weighted by molar-refractivity contribution is 0.614. The molecule has 0 unspecified atom stereocenters. The van der Waals surface area contributed by atoms with Crippen LogP contribution in [0.2, 0.25) is 0 Å². The highest BCUT2D eigenvalue weighted by molar-refractivity contribution is 9.10. The first-order valence-electron chi connectivity index (χ1n) is 7.42. The van der Waals surface area contributed by atoms with Crippen LogP contribution in [0, 0.1) is 12.7 Å². The van der Waals surface area contributed by atoms with E-state index in [9.17, 15) is 4.39 Å². The predicted molar refractivity (Wildman–Crippen MR) is 89.3 cm³/mol. The third-order valence-corrected chi connectivity index (χ3v) is 4.62. The van der Waals surface area contributed by atoms with Crippen molar-refractivity contribution in [2.45, 2.75) is 32.7 Å². The van der Waals surface area contributed by atoms with Crippen LogP contribution in [0.4, 0.5) is 10.1 Å². The Kier molecular flexibility index (Phi) is 4.29. The predicted octanol–water partition coefficient (Wildman–Crippen LogP) is 5.24. The highest BCUT2D eigenvalue weighted by Crippen LogP contribution is 2.30. The average Bonchev–Trinajstić information content (AvgIpc) is 2.65. The molecule has 1 aliphatic rings. The molecule has 0 bridgehead atoms. The number of hydrogen-bond donors (Lipinski definition) is 0. The zero-order valence-electron chi connectivity index (χ0n) is 12.2. The topological polar surface area (TPSA) is 3.24 Å². The van der Waals surface area contributed by atoms with E-state index in [1.807, 2.05) is 12.1 Å². The minimum Gasteiger partial charge on any atom is -0.367 e. The minimum atomic E-state index is -0.114. The van der Waals surface area contributed by atoms with Gasteiger partial charge < -0.3 is 4.90 Å². The van der Waals surface area contributed by atoms with Crippen molar-refractivity contribution < 1.29 is 4.39 Å². The molecule has 2 aromatic rings. The van der Waals surface area contributed by atoms with Gasteiger partial charge in [-0.15, -0.1) is 0 Å². The largest absolute Gasteiger partial charge is 0.367 e. The van der Waals surface area contributed by atoms with Crippen molar-refractivity contribution in [3.05, 3.63) is 63.4 Å². The van der Waals surface area contributed by atoms with Gasteiger partial charge in [0.05, 0.1) is 0 Å². The first-order chi connectivity index (χ1) is 10.1. The molecule has 3 heteroatoms. The van der Waals surface area contributed by atoms with Crippen molar-refractivity contribution in [1.82, 2.24) is 0 Å². The Morgan fingerprint density at radius 2 is 2.00 bits per heavy atom. The maximum atomic E-state index is 13.7. The van der Waals surface area contributed by atoms with E-state index in [0.717, 1.165) is 29.5 Å². The minimum absolute atomic E-state index is 0.114. The summed E-state index contributed by atoms with van der Waals surface area (Å²) in [6, 6.07) is 12.1. The molecular formula is C18H19BrFN. The number of nitrogens with zero attached hydrogens (tertiary/aromatic N) is 1. The molecule has 21 heavy (non-hydrogen) atoms. The van der Waals surface area contributed by atoms with Gasteiger partial charge in [-0.1, -0.05) is 34.1 Å². The lowest BCUT2D eigenvalue weighted by atomic mass is 10.1. The van der Waals surface area contributed by atoms with Crippen LogP contribution >= 0.6 is 15.9 Å². The summed E-state index contributed by atoms with van der Waals surface area (Å²) in [7, 11) is 0. The fraction of sp³-hybridized carbons (Fsp3) is 0.333. The molecule has 0 spiro atoms. The molecule has 1 heterocycles. The van der Waals surface area contributed by atoms with Crippen LogP contribution in [0.25, 0.3) is 0 Å². The molecule has 0 amide bonds. The van der Waals surface area contributed by atoms with Gasteiger partial charge in [0, 0.05) is 23.2 Å². The standard InChI is InChI=1S/C18H19BrFN/c1-13-5-6-14(10-17(13)20)12-21-9-3-2-4-15-7-8-16(19)11-18(15)21/h5-8,10-11H,2-4,9,12H2,1H3. The molecule has 0 aliphatic carbocycles. The van der Waals surface area contributed by atoms with Gasteiger partial charge in [0.15, 0.2) is 0 Å². The summed E-state index contributed by atoms with van der Waals surface area (Å²) < 4.78 is 14.8. The first-order valence-corrected chi connectivity index (χ1v) is 8.21. The van der Waals surface area contributed by atoms with Gasteiger partial charge in [-0.25, -0.2) is 4.39 Å². The Bertz CT molecular complexity index is 654. The summed E-state index contributed by atoms with van der Waals surface area (Å²) >= 11 is 3.56. The average molecular weight is 348 g/mol. The zero-order chi connectivity index (χ0) is 14.8. The molecule has 0 fully saturated rings. The first kappa shape index (κ1) is 14.6. The number of benzene rings is 2. The number of halogens is 2. The van der Waals surface area contributed by atoms with Crippen LogP contribution in [0.15, 0.2) is 40.9 Å². The lowest BCUT2D eigenvalue weighted by Gasteiger charge is -2.25. The van der Waals surface area contributed by atoms with E-state index >= 15 is 0 Å². The fourth-order valence-corrected chi connectivity index (χ4v) is 3.25.